The number of rotatable bonds is 8. The van der Waals surface area contributed by atoms with E-state index in [9.17, 15) is 14.4 Å². The summed E-state index contributed by atoms with van der Waals surface area (Å²) in [6.07, 6.45) is 1.98. The standard InChI is InChI=1S/C28H26Br2N4O4/c1-3-4-13-38-22-9-7-21(8-10-22)31-27(36)28(37)33-34-24-12-6-20(30)15-18(24)16-25(34)26(35)32-23-11-5-19(29)14-17(23)2/h5-12,14-16H,3-4,13H2,1-2H3,(H,31,36)(H,32,35)(H,33,37). The van der Waals surface area contributed by atoms with Crippen LogP contribution in [0.15, 0.2) is 75.7 Å². The minimum absolute atomic E-state index is 0.162. The van der Waals surface area contributed by atoms with Crippen molar-refractivity contribution in [1.82, 2.24) is 4.68 Å². The minimum Gasteiger partial charge on any atom is -0.494 e. The average molecular weight is 642 g/mol. The topological polar surface area (TPSA) is 101 Å². The Morgan fingerprint density at radius 1 is 0.868 bits per heavy atom. The van der Waals surface area contributed by atoms with Gasteiger partial charge in [-0.3, -0.25) is 19.8 Å². The summed E-state index contributed by atoms with van der Waals surface area (Å²) >= 11 is 6.85. The van der Waals surface area contributed by atoms with E-state index in [1.54, 1.807) is 48.5 Å². The van der Waals surface area contributed by atoms with E-state index in [0.717, 1.165) is 27.4 Å². The van der Waals surface area contributed by atoms with Crippen LogP contribution in [-0.2, 0) is 9.59 Å². The van der Waals surface area contributed by atoms with Crippen molar-refractivity contribution in [3.05, 3.63) is 86.9 Å². The number of aryl methyl sites for hydroxylation is 1. The predicted octanol–water partition coefficient (Wildman–Crippen LogP) is 6.61. The van der Waals surface area contributed by atoms with Crippen molar-refractivity contribution in [1.29, 1.82) is 0 Å². The molecule has 0 aliphatic carbocycles. The number of halogens is 2. The molecule has 10 heteroatoms. The second-order valence-electron chi connectivity index (χ2n) is 8.60. The number of aromatic nitrogens is 1. The van der Waals surface area contributed by atoms with Crippen LogP contribution in [-0.4, -0.2) is 29.0 Å². The van der Waals surface area contributed by atoms with Crippen molar-refractivity contribution in [2.75, 3.05) is 22.7 Å². The fraction of sp³-hybridized carbons (Fsp3) is 0.179. The van der Waals surface area contributed by atoms with Crippen LogP contribution in [0.2, 0.25) is 0 Å². The van der Waals surface area contributed by atoms with Crippen molar-refractivity contribution >= 4 is 71.9 Å². The Bertz CT molecular complexity index is 1500. The van der Waals surface area contributed by atoms with Gasteiger partial charge in [0.1, 0.15) is 11.4 Å². The molecule has 196 valence electrons. The molecule has 0 aliphatic heterocycles. The zero-order valence-electron chi connectivity index (χ0n) is 20.8. The molecule has 0 radical (unpaired) electrons. The Morgan fingerprint density at radius 3 is 2.29 bits per heavy atom. The van der Waals surface area contributed by atoms with Gasteiger partial charge in [-0.15, -0.1) is 0 Å². The summed E-state index contributed by atoms with van der Waals surface area (Å²) in [5.74, 6) is -1.56. The molecule has 0 bridgehead atoms. The van der Waals surface area contributed by atoms with Crippen molar-refractivity contribution in [2.45, 2.75) is 26.7 Å². The number of nitrogens with one attached hydrogen (secondary N) is 3. The Balaban J connectivity index is 1.53. The van der Waals surface area contributed by atoms with Gasteiger partial charge in [0.15, 0.2) is 0 Å². The van der Waals surface area contributed by atoms with E-state index >= 15 is 0 Å². The van der Waals surface area contributed by atoms with Crippen LogP contribution >= 0.6 is 31.9 Å². The van der Waals surface area contributed by atoms with E-state index < -0.39 is 17.7 Å². The third-order valence-electron chi connectivity index (χ3n) is 5.73. The van der Waals surface area contributed by atoms with Gasteiger partial charge in [-0.1, -0.05) is 45.2 Å². The van der Waals surface area contributed by atoms with Crippen molar-refractivity contribution < 1.29 is 19.1 Å². The molecule has 0 saturated carbocycles. The van der Waals surface area contributed by atoms with Crippen LogP contribution in [0.4, 0.5) is 11.4 Å². The van der Waals surface area contributed by atoms with Gasteiger partial charge in [-0.2, -0.15) is 0 Å². The lowest BCUT2D eigenvalue weighted by atomic mass is 10.2. The number of fused-ring (bicyclic) bond motifs is 1. The van der Waals surface area contributed by atoms with E-state index in [4.69, 9.17) is 4.74 Å². The molecule has 3 aromatic carbocycles. The summed E-state index contributed by atoms with van der Waals surface area (Å²) < 4.78 is 8.64. The molecule has 38 heavy (non-hydrogen) atoms. The number of unbranched alkanes of at least 4 members (excludes halogenated alkanes) is 1. The number of benzene rings is 3. The third-order valence-corrected chi connectivity index (χ3v) is 6.72. The maximum absolute atomic E-state index is 13.3. The van der Waals surface area contributed by atoms with Crippen LogP contribution in [0.1, 0.15) is 35.8 Å². The minimum atomic E-state index is -0.928. The normalized spacial score (nSPS) is 10.7. The fourth-order valence-corrected chi connectivity index (χ4v) is 4.59. The summed E-state index contributed by atoms with van der Waals surface area (Å²) in [5, 5.41) is 6.16. The molecule has 0 unspecified atom stereocenters. The molecule has 1 aromatic heterocycles. The van der Waals surface area contributed by atoms with Crippen molar-refractivity contribution in [2.24, 2.45) is 0 Å². The molecule has 4 aromatic rings. The lowest BCUT2D eigenvalue weighted by Crippen LogP contribution is -2.36. The van der Waals surface area contributed by atoms with Gasteiger partial charge >= 0.3 is 11.8 Å². The molecule has 0 fully saturated rings. The van der Waals surface area contributed by atoms with E-state index in [1.807, 2.05) is 25.1 Å². The van der Waals surface area contributed by atoms with Gasteiger partial charge in [-0.25, -0.2) is 4.68 Å². The summed E-state index contributed by atoms with van der Waals surface area (Å²) in [6.45, 7) is 4.58. The second-order valence-corrected chi connectivity index (χ2v) is 10.4. The number of carbonyl (C=O) groups excluding carboxylic acids is 3. The zero-order valence-corrected chi connectivity index (χ0v) is 24.0. The molecular formula is C28H26Br2N4O4. The largest absolute Gasteiger partial charge is 0.494 e. The number of hydrogen-bond donors (Lipinski definition) is 3. The molecular weight excluding hydrogens is 616 g/mol. The van der Waals surface area contributed by atoms with Crippen molar-refractivity contribution in [3.8, 4) is 5.75 Å². The first-order valence-electron chi connectivity index (χ1n) is 12.0. The van der Waals surface area contributed by atoms with Gasteiger partial charge in [0, 0.05) is 25.7 Å². The van der Waals surface area contributed by atoms with Crippen LogP contribution in [0.5, 0.6) is 5.75 Å². The first-order valence-corrected chi connectivity index (χ1v) is 13.6. The Kier molecular flexibility index (Phi) is 8.85. The highest BCUT2D eigenvalue weighted by molar-refractivity contribution is 9.10. The van der Waals surface area contributed by atoms with E-state index in [2.05, 4.69) is 54.8 Å². The summed E-state index contributed by atoms with van der Waals surface area (Å²) in [4.78, 5) is 38.8. The molecule has 0 atom stereocenters. The molecule has 0 spiro atoms. The lowest BCUT2D eigenvalue weighted by molar-refractivity contribution is -0.133. The summed E-state index contributed by atoms with van der Waals surface area (Å²) in [5.41, 5.74) is 5.22. The van der Waals surface area contributed by atoms with Gasteiger partial charge < -0.3 is 15.4 Å². The number of carbonyl (C=O) groups is 3. The van der Waals surface area contributed by atoms with E-state index in [0.29, 0.717) is 34.6 Å². The fourth-order valence-electron chi connectivity index (χ4n) is 3.74. The highest BCUT2D eigenvalue weighted by Crippen LogP contribution is 2.25. The third kappa shape index (κ3) is 6.62. The number of hydrogen-bond acceptors (Lipinski definition) is 4. The second kappa shape index (κ2) is 12.3. The SMILES string of the molecule is CCCCOc1ccc(NC(=O)C(=O)Nn2c(C(=O)Nc3ccc(Br)cc3C)cc3cc(Br)ccc32)cc1. The molecule has 3 N–H and O–H groups in total. The number of nitrogens with zero attached hydrogens (tertiary/aromatic N) is 1. The van der Waals surface area contributed by atoms with Crippen LogP contribution in [0, 0.1) is 6.92 Å². The van der Waals surface area contributed by atoms with E-state index in [1.165, 1.54) is 4.68 Å². The molecule has 0 saturated heterocycles. The highest BCUT2D eigenvalue weighted by atomic mass is 79.9. The molecule has 8 nitrogen and oxygen atoms in total. The molecule has 4 rings (SSSR count). The Labute approximate surface area is 237 Å². The lowest BCUT2D eigenvalue weighted by Gasteiger charge is -2.14. The van der Waals surface area contributed by atoms with Crippen LogP contribution in [0.3, 0.4) is 0 Å². The number of amides is 3. The monoisotopic (exact) mass is 640 g/mol. The summed E-state index contributed by atoms with van der Waals surface area (Å²) in [6, 6.07) is 19.3. The maximum Gasteiger partial charge on any atom is 0.328 e. The van der Waals surface area contributed by atoms with Crippen molar-refractivity contribution in [3.63, 3.8) is 0 Å². The van der Waals surface area contributed by atoms with Crippen LogP contribution < -0.4 is 20.8 Å². The zero-order chi connectivity index (χ0) is 27.2. The first kappa shape index (κ1) is 27.4. The van der Waals surface area contributed by atoms with Gasteiger partial charge in [0.05, 0.1) is 12.1 Å². The molecule has 1 heterocycles. The van der Waals surface area contributed by atoms with E-state index in [-0.39, 0.29) is 5.69 Å². The van der Waals surface area contributed by atoms with Gasteiger partial charge in [-0.05, 0) is 85.6 Å². The molecule has 0 aliphatic rings. The Morgan fingerprint density at radius 2 is 1.58 bits per heavy atom. The molecule has 3 amide bonds. The van der Waals surface area contributed by atoms with Crippen LogP contribution in [0.25, 0.3) is 10.9 Å². The van der Waals surface area contributed by atoms with Gasteiger partial charge in [0.25, 0.3) is 5.91 Å². The smallest absolute Gasteiger partial charge is 0.328 e. The number of ether oxygens (including phenoxy) is 1. The quantitative estimate of drug-likeness (QED) is 0.149. The maximum atomic E-state index is 13.3. The highest BCUT2D eigenvalue weighted by Gasteiger charge is 2.21. The average Bonchev–Trinajstić information content (AvgIpc) is 3.24. The Hall–Kier alpha value is -3.63. The first-order chi connectivity index (χ1) is 18.2. The van der Waals surface area contributed by atoms with Gasteiger partial charge in [0.2, 0.25) is 0 Å². The number of anilines is 2. The summed E-state index contributed by atoms with van der Waals surface area (Å²) in [7, 11) is 0. The predicted molar refractivity (Wildman–Crippen MR) is 156 cm³/mol.